The van der Waals surface area contributed by atoms with Crippen LogP contribution < -0.4 is 4.74 Å². The van der Waals surface area contributed by atoms with E-state index in [1.807, 2.05) is 12.2 Å². The molecule has 1 aromatic carbocycles. The molecule has 0 fully saturated rings. The second kappa shape index (κ2) is 5.66. The van der Waals surface area contributed by atoms with Crippen molar-refractivity contribution < 1.29 is 9.13 Å². The first kappa shape index (κ1) is 11.1. The number of allylic oxidation sites excluding steroid dienone is 1. The van der Waals surface area contributed by atoms with Crippen LogP contribution in [-0.4, -0.2) is 13.0 Å². The lowest BCUT2D eigenvalue weighted by Gasteiger charge is -2.03. The SMILES string of the molecule is COc1ccc(F)cc1C=CCCCl. The zero-order chi connectivity index (χ0) is 10.4. The Morgan fingerprint density at radius 2 is 2.29 bits per heavy atom. The van der Waals surface area contributed by atoms with Gasteiger partial charge < -0.3 is 4.74 Å². The Bertz CT molecular complexity index is 323. The maximum Gasteiger partial charge on any atom is 0.126 e. The average molecular weight is 215 g/mol. The highest BCUT2D eigenvalue weighted by molar-refractivity contribution is 6.17. The largest absolute Gasteiger partial charge is 0.496 e. The fourth-order valence-corrected chi connectivity index (χ4v) is 1.23. The Morgan fingerprint density at radius 1 is 1.50 bits per heavy atom. The molecule has 1 nitrogen and oxygen atoms in total. The summed E-state index contributed by atoms with van der Waals surface area (Å²) in [7, 11) is 1.56. The number of methoxy groups -OCH3 is 1. The summed E-state index contributed by atoms with van der Waals surface area (Å²) in [4.78, 5) is 0. The molecule has 1 rings (SSSR count). The van der Waals surface area contributed by atoms with E-state index in [0.717, 1.165) is 12.0 Å². The molecule has 0 aromatic heterocycles. The monoisotopic (exact) mass is 214 g/mol. The van der Waals surface area contributed by atoms with Gasteiger partial charge in [0, 0.05) is 11.4 Å². The summed E-state index contributed by atoms with van der Waals surface area (Å²) in [5.41, 5.74) is 0.734. The van der Waals surface area contributed by atoms with Crippen molar-refractivity contribution in [3.05, 3.63) is 35.7 Å². The van der Waals surface area contributed by atoms with Crippen LogP contribution in [0.1, 0.15) is 12.0 Å². The normalized spacial score (nSPS) is 10.8. The van der Waals surface area contributed by atoms with Crippen molar-refractivity contribution in [2.45, 2.75) is 6.42 Å². The number of halogens is 2. The van der Waals surface area contributed by atoms with E-state index in [1.165, 1.54) is 12.1 Å². The van der Waals surface area contributed by atoms with Crippen molar-refractivity contribution in [1.29, 1.82) is 0 Å². The Morgan fingerprint density at radius 3 is 2.93 bits per heavy atom. The minimum absolute atomic E-state index is 0.267. The molecule has 0 heterocycles. The number of rotatable bonds is 4. The predicted octanol–water partition coefficient (Wildman–Crippen LogP) is 3.48. The van der Waals surface area contributed by atoms with Gasteiger partial charge in [-0.1, -0.05) is 12.2 Å². The van der Waals surface area contributed by atoms with E-state index in [-0.39, 0.29) is 5.82 Å². The molecule has 0 saturated carbocycles. The van der Waals surface area contributed by atoms with Gasteiger partial charge in [0.25, 0.3) is 0 Å². The van der Waals surface area contributed by atoms with Gasteiger partial charge in [0.2, 0.25) is 0 Å². The average Bonchev–Trinajstić information content (AvgIpc) is 2.19. The lowest BCUT2D eigenvalue weighted by molar-refractivity contribution is 0.412. The number of alkyl halides is 1. The molecule has 0 N–H and O–H groups in total. The summed E-state index contributed by atoms with van der Waals surface area (Å²) in [6.45, 7) is 0. The van der Waals surface area contributed by atoms with E-state index in [9.17, 15) is 4.39 Å². The first-order chi connectivity index (χ1) is 6.77. The summed E-state index contributed by atoms with van der Waals surface area (Å²) < 4.78 is 18.0. The third kappa shape index (κ3) is 3.04. The molecule has 0 aliphatic carbocycles. The highest BCUT2D eigenvalue weighted by atomic mass is 35.5. The van der Waals surface area contributed by atoms with Crippen molar-refractivity contribution >= 4 is 17.7 Å². The standard InChI is InChI=1S/C11H12ClFO/c1-14-11-6-5-10(13)8-9(11)4-2-3-7-12/h2,4-6,8H,3,7H2,1H3. The molecular formula is C11H12ClFO. The van der Waals surface area contributed by atoms with E-state index in [0.29, 0.717) is 11.6 Å². The molecule has 0 bridgehead atoms. The molecular weight excluding hydrogens is 203 g/mol. The predicted molar refractivity (Wildman–Crippen MR) is 57.3 cm³/mol. The van der Waals surface area contributed by atoms with E-state index >= 15 is 0 Å². The summed E-state index contributed by atoms with van der Waals surface area (Å²) in [5.74, 6) is 0.960. The molecule has 0 aliphatic rings. The number of benzene rings is 1. The Kier molecular flexibility index (Phi) is 4.47. The third-order valence-electron chi connectivity index (χ3n) is 1.76. The van der Waals surface area contributed by atoms with Crippen LogP contribution in [0.2, 0.25) is 0 Å². The molecule has 14 heavy (non-hydrogen) atoms. The van der Waals surface area contributed by atoms with Gasteiger partial charge in [-0.2, -0.15) is 0 Å². The minimum atomic E-state index is -0.267. The summed E-state index contributed by atoms with van der Waals surface area (Å²) >= 11 is 5.52. The van der Waals surface area contributed by atoms with Crippen molar-refractivity contribution in [2.24, 2.45) is 0 Å². The zero-order valence-corrected chi connectivity index (χ0v) is 8.72. The van der Waals surface area contributed by atoms with Gasteiger partial charge in [-0.15, -0.1) is 11.6 Å². The van der Waals surface area contributed by atoms with E-state index in [4.69, 9.17) is 16.3 Å². The van der Waals surface area contributed by atoms with Crippen molar-refractivity contribution in [3.8, 4) is 5.75 Å². The van der Waals surface area contributed by atoms with Gasteiger partial charge in [-0.25, -0.2) is 4.39 Å². The number of hydrogen-bond donors (Lipinski definition) is 0. The molecule has 0 unspecified atom stereocenters. The van der Waals surface area contributed by atoms with Crippen LogP contribution in [0.3, 0.4) is 0 Å². The van der Waals surface area contributed by atoms with Gasteiger partial charge >= 0.3 is 0 Å². The van der Waals surface area contributed by atoms with Crippen LogP contribution in [0.5, 0.6) is 5.75 Å². The lowest BCUT2D eigenvalue weighted by atomic mass is 10.1. The number of ether oxygens (including phenoxy) is 1. The van der Waals surface area contributed by atoms with Crippen molar-refractivity contribution in [1.82, 2.24) is 0 Å². The first-order valence-corrected chi connectivity index (χ1v) is 4.87. The van der Waals surface area contributed by atoms with E-state index in [2.05, 4.69) is 0 Å². The van der Waals surface area contributed by atoms with Gasteiger partial charge in [-0.05, 0) is 24.6 Å². The highest BCUT2D eigenvalue weighted by Crippen LogP contribution is 2.20. The summed E-state index contributed by atoms with van der Waals surface area (Å²) in [5, 5.41) is 0. The molecule has 0 saturated heterocycles. The fraction of sp³-hybridized carbons (Fsp3) is 0.273. The third-order valence-corrected chi connectivity index (χ3v) is 1.98. The molecule has 0 spiro atoms. The van der Waals surface area contributed by atoms with E-state index in [1.54, 1.807) is 13.2 Å². The number of hydrogen-bond acceptors (Lipinski definition) is 1. The van der Waals surface area contributed by atoms with Gasteiger partial charge in [-0.3, -0.25) is 0 Å². The first-order valence-electron chi connectivity index (χ1n) is 4.34. The van der Waals surface area contributed by atoms with E-state index < -0.39 is 0 Å². The van der Waals surface area contributed by atoms with Gasteiger partial charge in [0.15, 0.2) is 0 Å². The second-order valence-corrected chi connectivity index (χ2v) is 3.14. The van der Waals surface area contributed by atoms with Crippen LogP contribution in [0.25, 0.3) is 6.08 Å². The van der Waals surface area contributed by atoms with Crippen LogP contribution >= 0.6 is 11.6 Å². The smallest absolute Gasteiger partial charge is 0.126 e. The highest BCUT2D eigenvalue weighted by Gasteiger charge is 2.00. The minimum Gasteiger partial charge on any atom is -0.496 e. The van der Waals surface area contributed by atoms with Crippen LogP contribution in [0.4, 0.5) is 4.39 Å². The molecule has 0 radical (unpaired) electrons. The topological polar surface area (TPSA) is 9.23 Å². The van der Waals surface area contributed by atoms with Gasteiger partial charge in [0.1, 0.15) is 11.6 Å². The van der Waals surface area contributed by atoms with Crippen LogP contribution in [0, 0.1) is 5.82 Å². The second-order valence-electron chi connectivity index (χ2n) is 2.77. The maximum atomic E-state index is 12.9. The lowest BCUT2D eigenvalue weighted by Crippen LogP contribution is -1.87. The van der Waals surface area contributed by atoms with Gasteiger partial charge in [0.05, 0.1) is 7.11 Å². The van der Waals surface area contributed by atoms with Crippen molar-refractivity contribution in [3.63, 3.8) is 0 Å². The molecule has 76 valence electrons. The zero-order valence-electron chi connectivity index (χ0n) is 7.97. The molecule has 0 atom stereocenters. The molecule has 1 aromatic rings. The molecule has 0 amide bonds. The quantitative estimate of drug-likeness (QED) is 0.698. The maximum absolute atomic E-state index is 12.9. The Labute approximate surface area is 88.1 Å². The van der Waals surface area contributed by atoms with Crippen LogP contribution in [0.15, 0.2) is 24.3 Å². The Balaban J connectivity index is 2.87. The van der Waals surface area contributed by atoms with Crippen molar-refractivity contribution in [2.75, 3.05) is 13.0 Å². The molecule has 0 aliphatic heterocycles. The summed E-state index contributed by atoms with van der Waals surface area (Å²) in [6, 6.07) is 4.41. The molecule has 3 heteroatoms. The van der Waals surface area contributed by atoms with Crippen LogP contribution in [-0.2, 0) is 0 Å². The Hall–Kier alpha value is -1.02. The fourth-order valence-electron chi connectivity index (χ4n) is 1.11. The summed E-state index contributed by atoms with van der Waals surface area (Å²) in [6.07, 6.45) is 4.47.